The highest BCUT2D eigenvalue weighted by molar-refractivity contribution is 5.85. The van der Waals surface area contributed by atoms with Crippen LogP contribution in [-0.2, 0) is 23.7 Å². The molecule has 0 aromatic heterocycles. The van der Waals surface area contributed by atoms with Gasteiger partial charge in [0.2, 0.25) is 0 Å². The van der Waals surface area contributed by atoms with Gasteiger partial charge in [-0.05, 0) is 92.4 Å². The van der Waals surface area contributed by atoms with Crippen LogP contribution in [0.5, 0.6) is 0 Å². The van der Waals surface area contributed by atoms with E-state index in [1.165, 1.54) is 7.11 Å². The van der Waals surface area contributed by atoms with Gasteiger partial charge in [0.15, 0.2) is 6.29 Å². The number of methoxy groups -OCH3 is 1. The van der Waals surface area contributed by atoms with Crippen molar-refractivity contribution >= 4 is 5.97 Å². The summed E-state index contributed by atoms with van der Waals surface area (Å²) in [5.41, 5.74) is -0.445. The molecule has 13 atom stereocenters. The Labute approximate surface area is 235 Å². The van der Waals surface area contributed by atoms with Crippen LogP contribution in [0.15, 0.2) is 11.6 Å². The van der Waals surface area contributed by atoms with Crippen molar-refractivity contribution in [2.24, 2.45) is 34.5 Å². The molecule has 6 rings (SSSR count). The van der Waals surface area contributed by atoms with Crippen molar-refractivity contribution in [3.63, 3.8) is 0 Å². The van der Waals surface area contributed by atoms with Crippen molar-refractivity contribution < 1.29 is 49.3 Å². The lowest BCUT2D eigenvalue weighted by atomic mass is 9.43. The Morgan fingerprint density at radius 1 is 1.02 bits per heavy atom. The van der Waals surface area contributed by atoms with E-state index < -0.39 is 42.9 Å². The Balaban J connectivity index is 1.18. The number of rotatable bonds is 6. The van der Waals surface area contributed by atoms with Crippen molar-refractivity contribution in [2.45, 2.75) is 107 Å². The van der Waals surface area contributed by atoms with Crippen molar-refractivity contribution in [3.8, 4) is 0 Å². The van der Waals surface area contributed by atoms with Crippen LogP contribution in [0.4, 0.5) is 0 Å². The number of aliphatic hydroxyl groups excluding tert-OH is 4. The second kappa shape index (κ2) is 10.6. The summed E-state index contributed by atoms with van der Waals surface area (Å²) in [6, 6.07) is 0. The number of fused-ring (bicyclic) bond motifs is 5. The minimum atomic E-state index is -1.20. The summed E-state index contributed by atoms with van der Waals surface area (Å²) in [5, 5.41) is 54.1. The molecule has 40 heavy (non-hydrogen) atoms. The normalized spacial score (nSPS) is 52.4. The second-order valence-corrected chi connectivity index (χ2v) is 13.6. The molecule has 10 nitrogen and oxygen atoms in total. The molecule has 0 aromatic rings. The Morgan fingerprint density at radius 2 is 1.82 bits per heavy atom. The fourth-order valence-corrected chi connectivity index (χ4v) is 10.2. The maximum atomic E-state index is 12.4. The third kappa shape index (κ3) is 4.16. The summed E-state index contributed by atoms with van der Waals surface area (Å²) in [7, 11) is 1.40. The zero-order chi connectivity index (χ0) is 28.4. The highest BCUT2D eigenvalue weighted by atomic mass is 16.7. The molecular weight excluding hydrogens is 520 g/mol. The van der Waals surface area contributed by atoms with Gasteiger partial charge in [-0.2, -0.15) is 0 Å². The van der Waals surface area contributed by atoms with Crippen molar-refractivity contribution in [1.82, 2.24) is 0 Å². The van der Waals surface area contributed by atoms with Gasteiger partial charge in [0, 0.05) is 25.2 Å². The van der Waals surface area contributed by atoms with Gasteiger partial charge in [-0.25, -0.2) is 4.79 Å². The van der Waals surface area contributed by atoms with E-state index in [0.29, 0.717) is 25.9 Å². The highest BCUT2D eigenvalue weighted by Gasteiger charge is 2.68. The average molecular weight is 567 g/mol. The van der Waals surface area contributed by atoms with Crippen LogP contribution < -0.4 is 0 Å². The Kier molecular flexibility index (Phi) is 7.65. The predicted molar refractivity (Wildman–Crippen MR) is 141 cm³/mol. The smallest absolute Gasteiger partial charge is 0.331 e. The number of hydrogen-bond donors (Lipinski definition) is 5. The average Bonchev–Trinajstić information content (AvgIpc) is 3.49. The molecule has 0 radical (unpaired) electrons. The molecule has 0 bridgehead atoms. The molecule has 0 spiro atoms. The first kappa shape index (κ1) is 29.0. The summed E-state index contributed by atoms with van der Waals surface area (Å²) in [5.74, 6) is 0.356. The Hall–Kier alpha value is -1.11. The molecule has 1 saturated heterocycles. The first-order chi connectivity index (χ1) is 19.1. The van der Waals surface area contributed by atoms with Gasteiger partial charge in [0.05, 0.1) is 18.3 Å². The first-order valence-electron chi connectivity index (χ1n) is 15.1. The fourth-order valence-electron chi connectivity index (χ4n) is 10.2. The van der Waals surface area contributed by atoms with E-state index in [9.17, 15) is 30.3 Å². The van der Waals surface area contributed by atoms with E-state index in [-0.39, 0.29) is 53.2 Å². The first-order valence-corrected chi connectivity index (χ1v) is 15.1. The van der Waals surface area contributed by atoms with E-state index in [1.807, 2.05) is 0 Å². The molecule has 0 unspecified atom stereocenters. The Morgan fingerprint density at radius 3 is 2.50 bits per heavy atom. The largest absolute Gasteiger partial charge is 0.458 e. The van der Waals surface area contributed by atoms with Crippen molar-refractivity contribution in [2.75, 3.05) is 26.9 Å². The van der Waals surface area contributed by atoms with Crippen LogP contribution in [0.3, 0.4) is 0 Å². The quantitative estimate of drug-likeness (QED) is 0.233. The van der Waals surface area contributed by atoms with Gasteiger partial charge in [0.1, 0.15) is 31.0 Å². The van der Waals surface area contributed by atoms with E-state index in [0.717, 1.165) is 44.1 Å². The monoisotopic (exact) mass is 566 g/mol. The zero-order valence-electron chi connectivity index (χ0n) is 23.6. The van der Waals surface area contributed by atoms with E-state index in [2.05, 4.69) is 6.92 Å². The topological polar surface area (TPSA) is 155 Å². The molecule has 2 aliphatic heterocycles. The van der Waals surface area contributed by atoms with Crippen LogP contribution >= 0.6 is 0 Å². The van der Waals surface area contributed by atoms with Crippen LogP contribution in [-0.4, -0.2) is 101 Å². The minimum absolute atomic E-state index is 0.0718. The molecule has 5 N–H and O–H groups in total. The number of aliphatic hydroxyl groups is 5. The van der Waals surface area contributed by atoms with Crippen LogP contribution in [0, 0.1) is 34.5 Å². The third-order valence-corrected chi connectivity index (χ3v) is 12.3. The maximum absolute atomic E-state index is 12.4. The number of carbonyl (C=O) groups excluding carboxylic acids is 1. The lowest BCUT2D eigenvalue weighted by Gasteiger charge is -2.64. The van der Waals surface area contributed by atoms with E-state index in [4.69, 9.17) is 18.9 Å². The number of hydrogen-bond acceptors (Lipinski definition) is 10. The number of esters is 1. The molecule has 2 heterocycles. The predicted octanol–water partition coefficient (Wildman–Crippen LogP) is 1.06. The van der Waals surface area contributed by atoms with Crippen molar-refractivity contribution in [3.05, 3.63) is 11.6 Å². The molecule has 0 amide bonds. The minimum Gasteiger partial charge on any atom is -0.458 e. The SMILES string of the molecule is CO[C@H]1[C@@H](O)[C@H](O[C@H]2CC[C@@]3(CO)[C@H](CC[C@@H]4[C@@H]3CC[C@]3(C)[C@@H](C5=CC(=O)OC5)CC[C@]43O)C2)O[C@H](CO)[C@H]1O. The summed E-state index contributed by atoms with van der Waals surface area (Å²) >= 11 is 0. The van der Waals surface area contributed by atoms with Crippen molar-refractivity contribution in [1.29, 1.82) is 0 Å². The number of ether oxygens (including phenoxy) is 4. The van der Waals surface area contributed by atoms with Gasteiger partial charge < -0.3 is 44.5 Å². The number of cyclic esters (lactones) is 1. The van der Waals surface area contributed by atoms with Crippen LogP contribution in [0.1, 0.15) is 64.7 Å². The fraction of sp³-hybridized carbons (Fsp3) is 0.900. The molecule has 10 heteroatoms. The molecule has 4 aliphatic carbocycles. The highest BCUT2D eigenvalue weighted by Crippen LogP contribution is 2.70. The summed E-state index contributed by atoms with van der Waals surface area (Å²) in [6.07, 6.45) is 3.44. The molecular formula is C30H46O10. The lowest BCUT2D eigenvalue weighted by Crippen LogP contribution is -2.64. The summed E-state index contributed by atoms with van der Waals surface area (Å²) in [4.78, 5) is 11.8. The van der Waals surface area contributed by atoms with Gasteiger partial charge >= 0.3 is 5.97 Å². The van der Waals surface area contributed by atoms with E-state index in [1.54, 1.807) is 6.08 Å². The van der Waals surface area contributed by atoms with Crippen LogP contribution in [0.2, 0.25) is 0 Å². The second-order valence-electron chi connectivity index (χ2n) is 13.6. The van der Waals surface area contributed by atoms with Gasteiger partial charge in [-0.3, -0.25) is 0 Å². The van der Waals surface area contributed by atoms with Gasteiger partial charge in [0.25, 0.3) is 0 Å². The molecule has 5 fully saturated rings. The molecule has 6 aliphatic rings. The van der Waals surface area contributed by atoms with Gasteiger partial charge in [-0.1, -0.05) is 6.92 Å². The standard InChI is InChI=1S/C30H46O10/c1-28-8-6-20-21(30(28,36)10-7-19(28)16-11-23(33)38-14-16)4-3-17-12-18(5-9-29(17,20)15-32)39-27-25(35)26(37-2)24(34)22(13-31)40-27/h11,17-22,24-27,31-32,34-36H,3-10,12-15H2,1-2H3/t17-,18+,19-,20+,21-,22-,24-,25-,26-,27-,28-,29-,30+/m1/s1. The third-order valence-electron chi connectivity index (χ3n) is 12.3. The van der Waals surface area contributed by atoms with E-state index >= 15 is 0 Å². The lowest BCUT2D eigenvalue weighted by molar-refractivity contribution is -0.320. The number of carbonyl (C=O) groups is 1. The van der Waals surface area contributed by atoms with Crippen LogP contribution in [0.25, 0.3) is 0 Å². The molecule has 0 aromatic carbocycles. The summed E-state index contributed by atoms with van der Waals surface area (Å²) in [6.45, 7) is 2.19. The maximum Gasteiger partial charge on any atom is 0.331 e. The molecule has 4 saturated carbocycles. The zero-order valence-corrected chi connectivity index (χ0v) is 23.6. The molecule has 226 valence electrons. The Bertz CT molecular complexity index is 1000. The summed E-state index contributed by atoms with van der Waals surface area (Å²) < 4.78 is 22.5. The van der Waals surface area contributed by atoms with Gasteiger partial charge in [-0.15, -0.1) is 0 Å².